The molecule has 0 fully saturated rings. The summed E-state index contributed by atoms with van der Waals surface area (Å²) >= 11 is 0. The first-order valence-corrected chi connectivity index (χ1v) is 6.14. The van der Waals surface area contributed by atoms with Crippen molar-refractivity contribution in [3.63, 3.8) is 0 Å². The van der Waals surface area contributed by atoms with Crippen molar-refractivity contribution < 1.29 is 9.18 Å². The molecule has 0 aromatic carbocycles. The van der Waals surface area contributed by atoms with Crippen molar-refractivity contribution in [2.75, 3.05) is 11.9 Å². The first-order valence-electron chi connectivity index (χ1n) is 6.14. The Labute approximate surface area is 115 Å². The van der Waals surface area contributed by atoms with E-state index in [0.717, 1.165) is 0 Å². The molecule has 4 N–H and O–H groups in total. The molecule has 110 valence electrons. The number of carbonyl (C=O) groups is 1. The zero-order valence-corrected chi connectivity index (χ0v) is 11.4. The number of nitrogens with one attached hydrogen (secondary N) is 2. The van der Waals surface area contributed by atoms with Crippen LogP contribution in [-0.2, 0) is 4.79 Å². The number of amidine groups is 1. The number of carbonyl (C=O) groups excluding carboxylic acids is 1. The lowest BCUT2D eigenvalue weighted by Crippen LogP contribution is -2.21. The van der Waals surface area contributed by atoms with Crippen LogP contribution in [0.2, 0.25) is 0 Å². The molecule has 20 heavy (non-hydrogen) atoms. The summed E-state index contributed by atoms with van der Waals surface area (Å²) in [5.74, 6) is -0.438. The Morgan fingerprint density at radius 2 is 2.40 bits per heavy atom. The normalized spacial score (nSPS) is 14.2. The van der Waals surface area contributed by atoms with Crippen LogP contribution in [-0.4, -0.2) is 38.9 Å². The Hall–Kier alpha value is -2.32. The molecule has 0 aliphatic rings. The van der Waals surface area contributed by atoms with Crippen molar-refractivity contribution in [2.45, 2.75) is 26.7 Å². The van der Waals surface area contributed by atoms with Gasteiger partial charge in [0, 0.05) is 5.92 Å². The number of aliphatic imine (C=N–C) groups is 1. The van der Waals surface area contributed by atoms with E-state index in [0.29, 0.717) is 18.7 Å². The summed E-state index contributed by atoms with van der Waals surface area (Å²) in [7, 11) is 0. The SMILES string of the molecule is CC(N)=NCC(F)=CCCC(C)C(=O)Nc1nn[nH]n1. The van der Waals surface area contributed by atoms with Crippen molar-refractivity contribution in [3.8, 4) is 0 Å². The van der Waals surface area contributed by atoms with Gasteiger partial charge in [0.25, 0.3) is 5.95 Å². The molecule has 0 saturated carbocycles. The lowest BCUT2D eigenvalue weighted by molar-refractivity contribution is -0.119. The number of nitrogens with zero attached hydrogens (tertiary/aromatic N) is 4. The predicted octanol–water partition coefficient (Wildman–Crippen LogP) is 0.785. The van der Waals surface area contributed by atoms with Gasteiger partial charge in [-0.25, -0.2) is 4.39 Å². The minimum atomic E-state index is -0.361. The summed E-state index contributed by atoms with van der Waals surface area (Å²) < 4.78 is 13.3. The fourth-order valence-electron chi connectivity index (χ4n) is 1.33. The van der Waals surface area contributed by atoms with Gasteiger partial charge in [-0.3, -0.25) is 15.1 Å². The van der Waals surface area contributed by atoms with Gasteiger partial charge in [-0.15, -0.1) is 5.10 Å². The standard InChI is InChI=1S/C11H18FN7O/c1-7(10(20)15-11-16-18-19-17-11)4-3-5-9(12)6-14-8(2)13/h5,7H,3-4,6H2,1-2H3,(H2,13,14)(H2,15,16,17,18,19,20). The average Bonchev–Trinajstić information content (AvgIpc) is 2.89. The van der Waals surface area contributed by atoms with Crippen molar-refractivity contribution in [2.24, 2.45) is 16.6 Å². The monoisotopic (exact) mass is 283 g/mol. The second-order valence-electron chi connectivity index (χ2n) is 4.31. The number of amides is 1. The molecule has 0 aliphatic carbocycles. The number of nitrogens with two attached hydrogens (primary N) is 1. The molecule has 1 atom stereocenters. The number of rotatable bonds is 7. The van der Waals surface area contributed by atoms with E-state index >= 15 is 0 Å². The fraction of sp³-hybridized carbons (Fsp3) is 0.545. The molecular formula is C11H18FN7O. The zero-order chi connectivity index (χ0) is 15.0. The van der Waals surface area contributed by atoms with E-state index < -0.39 is 0 Å². The number of tetrazole rings is 1. The molecule has 0 radical (unpaired) electrons. The molecular weight excluding hydrogens is 265 g/mol. The number of anilines is 1. The molecule has 0 bridgehead atoms. The molecule has 1 aromatic rings. The minimum absolute atomic E-state index is 0.0637. The van der Waals surface area contributed by atoms with Crippen molar-refractivity contribution in [1.82, 2.24) is 20.6 Å². The zero-order valence-electron chi connectivity index (χ0n) is 11.4. The number of hydrogen-bond donors (Lipinski definition) is 3. The summed E-state index contributed by atoms with van der Waals surface area (Å²) in [6, 6.07) is 0. The van der Waals surface area contributed by atoms with E-state index in [1.807, 2.05) is 0 Å². The van der Waals surface area contributed by atoms with Crippen LogP contribution >= 0.6 is 0 Å². The molecule has 1 aromatic heterocycles. The van der Waals surface area contributed by atoms with E-state index in [4.69, 9.17) is 5.73 Å². The third kappa shape index (κ3) is 6.03. The van der Waals surface area contributed by atoms with E-state index in [1.165, 1.54) is 6.08 Å². The second kappa shape index (κ2) is 7.97. The largest absolute Gasteiger partial charge is 0.388 e. The molecule has 1 rings (SSSR count). The van der Waals surface area contributed by atoms with Gasteiger partial charge >= 0.3 is 0 Å². The number of halogens is 1. The first kappa shape index (κ1) is 15.7. The van der Waals surface area contributed by atoms with Gasteiger partial charge in [0.15, 0.2) is 0 Å². The molecule has 0 aliphatic heterocycles. The lowest BCUT2D eigenvalue weighted by atomic mass is 10.0. The van der Waals surface area contributed by atoms with Crippen LogP contribution < -0.4 is 11.1 Å². The summed E-state index contributed by atoms with van der Waals surface area (Å²) in [6.07, 6.45) is 2.35. The van der Waals surface area contributed by atoms with Crippen LogP contribution in [0.25, 0.3) is 0 Å². The molecule has 1 amide bonds. The molecule has 9 heteroatoms. The molecule has 8 nitrogen and oxygen atoms in total. The quantitative estimate of drug-likeness (QED) is 0.504. The van der Waals surface area contributed by atoms with E-state index in [2.05, 4.69) is 30.9 Å². The van der Waals surface area contributed by atoms with Gasteiger partial charge < -0.3 is 5.73 Å². The summed E-state index contributed by atoms with van der Waals surface area (Å²) in [5.41, 5.74) is 5.31. The summed E-state index contributed by atoms with van der Waals surface area (Å²) in [6.45, 7) is 3.27. The molecule has 0 spiro atoms. The van der Waals surface area contributed by atoms with E-state index in [9.17, 15) is 9.18 Å². The highest BCUT2D eigenvalue weighted by atomic mass is 19.1. The molecule has 0 saturated heterocycles. The minimum Gasteiger partial charge on any atom is -0.388 e. The Bertz CT molecular complexity index is 479. The third-order valence-electron chi connectivity index (χ3n) is 2.47. The summed E-state index contributed by atoms with van der Waals surface area (Å²) in [4.78, 5) is 15.5. The van der Waals surface area contributed by atoms with Crippen LogP contribution in [0.5, 0.6) is 0 Å². The van der Waals surface area contributed by atoms with Crippen LogP contribution in [0.3, 0.4) is 0 Å². The van der Waals surface area contributed by atoms with E-state index in [1.54, 1.807) is 13.8 Å². The summed E-state index contributed by atoms with van der Waals surface area (Å²) in [5, 5.41) is 15.3. The van der Waals surface area contributed by atoms with Gasteiger partial charge in [0.1, 0.15) is 5.83 Å². The maximum atomic E-state index is 13.3. The smallest absolute Gasteiger partial charge is 0.269 e. The Kier molecular flexibility index (Phi) is 6.27. The van der Waals surface area contributed by atoms with Gasteiger partial charge in [0.2, 0.25) is 5.91 Å². The second-order valence-corrected chi connectivity index (χ2v) is 4.31. The third-order valence-corrected chi connectivity index (χ3v) is 2.47. The van der Waals surface area contributed by atoms with Crippen molar-refractivity contribution in [3.05, 3.63) is 11.9 Å². The van der Waals surface area contributed by atoms with Crippen LogP contribution in [0.4, 0.5) is 10.3 Å². The van der Waals surface area contributed by atoms with E-state index in [-0.39, 0.29) is 30.1 Å². The lowest BCUT2D eigenvalue weighted by Gasteiger charge is -2.08. The number of H-pyrrole nitrogens is 1. The van der Waals surface area contributed by atoms with Crippen LogP contribution in [0.15, 0.2) is 16.9 Å². The highest BCUT2D eigenvalue weighted by Gasteiger charge is 2.14. The number of aromatic nitrogens is 4. The van der Waals surface area contributed by atoms with Crippen LogP contribution in [0, 0.1) is 5.92 Å². The topological polar surface area (TPSA) is 122 Å². The Balaban J connectivity index is 2.32. The van der Waals surface area contributed by atoms with Crippen LogP contribution in [0.1, 0.15) is 26.7 Å². The number of hydrogen-bond acceptors (Lipinski definition) is 5. The first-order chi connectivity index (χ1) is 9.49. The molecule has 1 heterocycles. The number of aromatic amines is 1. The maximum absolute atomic E-state index is 13.3. The van der Waals surface area contributed by atoms with Crippen molar-refractivity contribution >= 4 is 17.7 Å². The predicted molar refractivity (Wildman–Crippen MR) is 72.6 cm³/mol. The highest BCUT2D eigenvalue weighted by Crippen LogP contribution is 2.10. The Morgan fingerprint density at radius 3 is 3.00 bits per heavy atom. The highest BCUT2D eigenvalue weighted by molar-refractivity contribution is 5.90. The maximum Gasteiger partial charge on any atom is 0.269 e. The van der Waals surface area contributed by atoms with Gasteiger partial charge in [-0.1, -0.05) is 18.1 Å². The van der Waals surface area contributed by atoms with Gasteiger partial charge in [-0.2, -0.15) is 5.21 Å². The van der Waals surface area contributed by atoms with Gasteiger partial charge in [0.05, 0.1) is 12.4 Å². The Morgan fingerprint density at radius 1 is 1.65 bits per heavy atom. The fourth-order valence-corrected chi connectivity index (χ4v) is 1.33. The molecule has 1 unspecified atom stereocenters. The number of allylic oxidation sites excluding steroid dienone is 1. The average molecular weight is 283 g/mol. The van der Waals surface area contributed by atoms with Crippen molar-refractivity contribution in [1.29, 1.82) is 0 Å². The van der Waals surface area contributed by atoms with Gasteiger partial charge in [-0.05, 0) is 25.0 Å².